The van der Waals surface area contributed by atoms with Crippen LogP contribution in [0.2, 0.25) is 0 Å². The van der Waals surface area contributed by atoms with E-state index in [1.165, 1.54) is 18.4 Å². The molecule has 0 unspecified atom stereocenters. The van der Waals surface area contributed by atoms with Gasteiger partial charge in [0.25, 0.3) is 5.56 Å². The summed E-state index contributed by atoms with van der Waals surface area (Å²) in [6.07, 6.45) is 1.81. The standard InChI is InChI=1S/C25H28BrN3O6S/c1-27-23(31)25(9-10-25)29-21(30)17-13-20(26)36-22(17)28(24(29)32)14-19(35-15-7-11-34-12-8-15)16-5-3-4-6-18(16)33-2/h3-6,13,15,19H,7-12,14H2,1-2H3,(H,27,31)/t19-/m0/s1. The first kappa shape index (κ1) is 25.2. The van der Waals surface area contributed by atoms with Gasteiger partial charge in [-0.25, -0.2) is 9.36 Å². The van der Waals surface area contributed by atoms with Gasteiger partial charge in [-0.15, -0.1) is 11.3 Å². The Bertz CT molecular complexity index is 1400. The number of benzene rings is 1. The summed E-state index contributed by atoms with van der Waals surface area (Å²) in [5, 5.41) is 3.02. The van der Waals surface area contributed by atoms with E-state index in [0.717, 1.165) is 26.8 Å². The van der Waals surface area contributed by atoms with Gasteiger partial charge in [0.05, 0.1) is 28.9 Å². The Kier molecular flexibility index (Phi) is 7.08. The van der Waals surface area contributed by atoms with Crippen LogP contribution in [0.25, 0.3) is 10.2 Å². The zero-order valence-corrected chi connectivity index (χ0v) is 22.5. The van der Waals surface area contributed by atoms with Crippen molar-refractivity contribution in [3.05, 3.63) is 60.5 Å². The molecule has 1 aliphatic heterocycles. The van der Waals surface area contributed by atoms with Crippen LogP contribution in [-0.2, 0) is 26.4 Å². The minimum atomic E-state index is -1.16. The maximum absolute atomic E-state index is 14.0. The number of hydrogen-bond acceptors (Lipinski definition) is 7. The molecule has 2 fully saturated rings. The molecule has 0 bridgehead atoms. The number of nitrogens with one attached hydrogen (secondary N) is 1. The summed E-state index contributed by atoms with van der Waals surface area (Å²) in [6.45, 7) is 1.39. The van der Waals surface area contributed by atoms with Gasteiger partial charge in [0, 0.05) is 25.8 Å². The molecule has 1 saturated carbocycles. The quantitative estimate of drug-likeness (QED) is 0.441. The molecule has 2 aromatic heterocycles. The van der Waals surface area contributed by atoms with Gasteiger partial charge in [-0.2, -0.15) is 0 Å². The first-order valence-electron chi connectivity index (χ1n) is 11.9. The van der Waals surface area contributed by atoms with Crippen LogP contribution in [0.4, 0.5) is 0 Å². The van der Waals surface area contributed by atoms with E-state index in [1.807, 2.05) is 24.3 Å². The molecule has 3 aromatic rings. The Morgan fingerprint density at radius 2 is 2.00 bits per heavy atom. The number of hydrogen-bond donors (Lipinski definition) is 1. The van der Waals surface area contributed by atoms with Crippen LogP contribution in [0.3, 0.4) is 0 Å². The molecule has 1 amide bonds. The Balaban J connectivity index is 1.66. The first-order chi connectivity index (χ1) is 17.4. The number of methoxy groups -OCH3 is 1. The van der Waals surface area contributed by atoms with Crippen molar-refractivity contribution in [1.29, 1.82) is 0 Å². The molecule has 1 saturated heterocycles. The van der Waals surface area contributed by atoms with E-state index in [0.29, 0.717) is 42.0 Å². The Morgan fingerprint density at radius 3 is 2.67 bits per heavy atom. The van der Waals surface area contributed by atoms with Gasteiger partial charge in [-0.05, 0) is 53.7 Å². The highest BCUT2D eigenvalue weighted by atomic mass is 79.9. The third-order valence-electron chi connectivity index (χ3n) is 6.94. The largest absolute Gasteiger partial charge is 0.496 e. The number of nitrogens with zero attached hydrogens (tertiary/aromatic N) is 2. The molecular weight excluding hydrogens is 550 g/mol. The predicted molar refractivity (Wildman–Crippen MR) is 140 cm³/mol. The van der Waals surface area contributed by atoms with Crippen LogP contribution < -0.4 is 21.3 Å². The lowest BCUT2D eigenvalue weighted by atomic mass is 10.1. The van der Waals surface area contributed by atoms with E-state index in [1.54, 1.807) is 17.7 Å². The van der Waals surface area contributed by atoms with Crippen molar-refractivity contribution >= 4 is 43.4 Å². The fraction of sp³-hybridized carbons (Fsp3) is 0.480. The van der Waals surface area contributed by atoms with Crippen molar-refractivity contribution in [2.45, 2.75) is 50.0 Å². The number of carbonyl (C=O) groups excluding carboxylic acids is 1. The molecule has 192 valence electrons. The number of thiophene rings is 1. The van der Waals surface area contributed by atoms with Crippen molar-refractivity contribution in [2.75, 3.05) is 27.4 Å². The molecule has 2 aliphatic rings. The van der Waals surface area contributed by atoms with Gasteiger partial charge in [0.15, 0.2) is 0 Å². The molecular formula is C25H28BrN3O6S. The number of ether oxygens (including phenoxy) is 3. The summed E-state index contributed by atoms with van der Waals surface area (Å²) < 4.78 is 21.1. The number of fused-ring (bicyclic) bond motifs is 1. The Hall–Kier alpha value is -2.47. The van der Waals surface area contributed by atoms with E-state index >= 15 is 0 Å². The second kappa shape index (κ2) is 10.1. The number of rotatable bonds is 8. The van der Waals surface area contributed by atoms with Crippen LogP contribution in [0.15, 0.2) is 43.7 Å². The van der Waals surface area contributed by atoms with Gasteiger partial charge in [-0.3, -0.25) is 14.2 Å². The topological polar surface area (TPSA) is 101 Å². The first-order valence-corrected chi connectivity index (χ1v) is 13.5. The van der Waals surface area contributed by atoms with Crippen molar-refractivity contribution in [1.82, 2.24) is 14.5 Å². The molecule has 1 atom stereocenters. The highest BCUT2D eigenvalue weighted by Crippen LogP contribution is 2.42. The minimum absolute atomic E-state index is 0.0403. The van der Waals surface area contributed by atoms with Crippen LogP contribution in [-0.4, -0.2) is 48.5 Å². The second-order valence-corrected chi connectivity index (χ2v) is 11.5. The zero-order valence-electron chi connectivity index (χ0n) is 20.1. The number of amides is 1. The average Bonchev–Trinajstić information content (AvgIpc) is 3.60. The summed E-state index contributed by atoms with van der Waals surface area (Å²) in [4.78, 5) is 40.8. The number of likely N-dealkylation sites (N-methyl/N-ethyl adjacent to an activating group) is 1. The number of halogens is 1. The van der Waals surface area contributed by atoms with Gasteiger partial charge < -0.3 is 19.5 Å². The molecule has 1 N–H and O–H groups in total. The molecule has 5 rings (SSSR count). The minimum Gasteiger partial charge on any atom is -0.496 e. The van der Waals surface area contributed by atoms with Crippen LogP contribution in [0.5, 0.6) is 5.75 Å². The summed E-state index contributed by atoms with van der Waals surface area (Å²) >= 11 is 4.79. The van der Waals surface area contributed by atoms with Crippen molar-refractivity contribution < 1.29 is 19.0 Å². The molecule has 1 aromatic carbocycles. The van der Waals surface area contributed by atoms with E-state index in [2.05, 4.69) is 21.2 Å². The molecule has 3 heterocycles. The lowest BCUT2D eigenvalue weighted by Crippen LogP contribution is -2.51. The molecule has 1 aliphatic carbocycles. The van der Waals surface area contributed by atoms with Gasteiger partial charge in [0.2, 0.25) is 5.91 Å². The van der Waals surface area contributed by atoms with Crippen molar-refractivity contribution in [2.24, 2.45) is 0 Å². The Morgan fingerprint density at radius 1 is 1.28 bits per heavy atom. The van der Waals surface area contributed by atoms with Crippen LogP contribution in [0, 0.1) is 0 Å². The third-order valence-corrected chi connectivity index (χ3v) is 8.60. The van der Waals surface area contributed by atoms with Gasteiger partial charge in [-0.1, -0.05) is 18.2 Å². The molecule has 9 nitrogen and oxygen atoms in total. The molecule has 36 heavy (non-hydrogen) atoms. The van der Waals surface area contributed by atoms with Crippen molar-refractivity contribution in [3.8, 4) is 5.75 Å². The Labute approximate surface area is 220 Å². The number of carbonyl (C=O) groups is 1. The normalized spacial score (nSPS) is 18.2. The van der Waals surface area contributed by atoms with Gasteiger partial charge >= 0.3 is 5.69 Å². The van der Waals surface area contributed by atoms with Crippen LogP contribution in [0.1, 0.15) is 37.4 Å². The summed E-state index contributed by atoms with van der Waals surface area (Å²) in [5.74, 6) is 0.324. The van der Waals surface area contributed by atoms with E-state index in [9.17, 15) is 14.4 Å². The summed E-state index contributed by atoms with van der Waals surface area (Å²) in [6, 6.07) is 9.30. The second-order valence-electron chi connectivity index (χ2n) is 9.09. The fourth-order valence-electron chi connectivity index (χ4n) is 4.92. The smallest absolute Gasteiger partial charge is 0.333 e. The monoisotopic (exact) mass is 577 g/mol. The third kappa shape index (κ3) is 4.42. The maximum Gasteiger partial charge on any atom is 0.333 e. The summed E-state index contributed by atoms with van der Waals surface area (Å²) in [5.41, 5.74) is -1.31. The highest BCUT2D eigenvalue weighted by Gasteiger charge is 2.54. The van der Waals surface area contributed by atoms with E-state index < -0.39 is 22.9 Å². The van der Waals surface area contributed by atoms with Crippen LogP contribution >= 0.6 is 27.3 Å². The summed E-state index contributed by atoms with van der Waals surface area (Å²) in [7, 11) is 3.12. The SMILES string of the molecule is CNC(=O)C1(n2c(=O)c3cc(Br)sc3n(C[C@H](OC3CCOCC3)c3ccccc3OC)c2=O)CC1. The highest BCUT2D eigenvalue weighted by molar-refractivity contribution is 9.11. The predicted octanol–water partition coefficient (Wildman–Crippen LogP) is 3.17. The molecule has 11 heteroatoms. The fourth-order valence-corrected chi connectivity index (χ4v) is 6.49. The number of para-hydroxylation sites is 1. The lowest BCUT2D eigenvalue weighted by Gasteiger charge is -2.29. The van der Waals surface area contributed by atoms with E-state index in [4.69, 9.17) is 14.2 Å². The van der Waals surface area contributed by atoms with Gasteiger partial charge in [0.1, 0.15) is 22.2 Å². The zero-order chi connectivity index (χ0) is 25.4. The molecule has 0 radical (unpaired) electrons. The van der Waals surface area contributed by atoms with E-state index in [-0.39, 0.29) is 18.6 Å². The van der Waals surface area contributed by atoms with Crippen molar-refractivity contribution in [3.63, 3.8) is 0 Å². The maximum atomic E-state index is 14.0. The number of aromatic nitrogens is 2. The molecule has 0 spiro atoms. The lowest BCUT2D eigenvalue weighted by molar-refractivity contribution is -0.125. The average molecular weight is 578 g/mol.